The summed E-state index contributed by atoms with van der Waals surface area (Å²) < 4.78 is 33.4. The monoisotopic (exact) mass is 339 g/mol. The number of carboxylic acid groups (broad SMARTS) is 1. The van der Waals surface area contributed by atoms with Crippen molar-refractivity contribution in [1.29, 1.82) is 0 Å². The fraction of sp³-hybridized carbons (Fsp3) is 0.286. The lowest BCUT2D eigenvalue weighted by Gasteiger charge is -2.09. The van der Waals surface area contributed by atoms with Gasteiger partial charge >= 0.3 is 5.97 Å². The van der Waals surface area contributed by atoms with Crippen molar-refractivity contribution >= 4 is 16.0 Å². The minimum atomic E-state index is -3.66. The van der Waals surface area contributed by atoms with Crippen LogP contribution >= 0.6 is 0 Å². The van der Waals surface area contributed by atoms with Crippen molar-refractivity contribution in [1.82, 2.24) is 14.5 Å². The summed E-state index contributed by atoms with van der Waals surface area (Å²) in [6, 6.07) is 5.87. The maximum absolute atomic E-state index is 12.2. The highest BCUT2D eigenvalue weighted by atomic mass is 32.2. The first-order chi connectivity index (χ1) is 10.8. The number of hydrogen-bond acceptors (Lipinski definition) is 5. The van der Waals surface area contributed by atoms with E-state index in [0.29, 0.717) is 11.3 Å². The number of aromatic carboxylic acids is 1. The Morgan fingerprint density at radius 1 is 1.35 bits per heavy atom. The molecule has 0 radical (unpaired) electrons. The molecule has 2 N–H and O–H groups in total. The number of aryl methyl sites for hydroxylation is 2. The van der Waals surface area contributed by atoms with Gasteiger partial charge in [0, 0.05) is 19.2 Å². The molecular weight excluding hydrogens is 322 g/mol. The Labute approximate surface area is 133 Å². The molecule has 0 aliphatic heterocycles. The number of hydrogen-bond donors (Lipinski definition) is 2. The van der Waals surface area contributed by atoms with Crippen LogP contribution in [0.1, 0.15) is 15.9 Å². The quantitative estimate of drug-likeness (QED) is 0.721. The largest absolute Gasteiger partial charge is 0.492 e. The average molecular weight is 339 g/mol. The van der Waals surface area contributed by atoms with Gasteiger partial charge in [-0.1, -0.05) is 0 Å². The van der Waals surface area contributed by atoms with Gasteiger partial charge in [-0.2, -0.15) is 5.10 Å². The van der Waals surface area contributed by atoms with Crippen LogP contribution in [0.2, 0.25) is 0 Å². The number of ether oxygens (including phenoxy) is 1. The van der Waals surface area contributed by atoms with E-state index in [1.165, 1.54) is 35.1 Å². The molecule has 0 aliphatic carbocycles. The Morgan fingerprint density at radius 2 is 2.00 bits per heavy atom. The molecule has 0 atom stereocenters. The van der Waals surface area contributed by atoms with Gasteiger partial charge in [0.2, 0.25) is 0 Å². The molecule has 8 nitrogen and oxygen atoms in total. The fourth-order valence-corrected chi connectivity index (χ4v) is 3.39. The van der Waals surface area contributed by atoms with E-state index in [1.807, 2.05) is 0 Å². The molecule has 1 aromatic heterocycles. The first-order valence-electron chi connectivity index (χ1n) is 6.75. The van der Waals surface area contributed by atoms with Crippen LogP contribution in [-0.2, 0) is 17.1 Å². The van der Waals surface area contributed by atoms with Crippen LogP contribution < -0.4 is 9.46 Å². The van der Waals surface area contributed by atoms with Crippen molar-refractivity contribution in [2.45, 2.75) is 11.9 Å². The fourth-order valence-electron chi connectivity index (χ4n) is 2.03. The molecule has 1 aromatic carbocycles. The van der Waals surface area contributed by atoms with E-state index < -0.39 is 16.0 Å². The van der Waals surface area contributed by atoms with Crippen LogP contribution in [-0.4, -0.2) is 42.4 Å². The van der Waals surface area contributed by atoms with Crippen molar-refractivity contribution in [2.24, 2.45) is 7.05 Å². The van der Waals surface area contributed by atoms with Gasteiger partial charge in [0.15, 0.2) is 5.03 Å². The van der Waals surface area contributed by atoms with Gasteiger partial charge in [-0.05, 0) is 31.2 Å². The topological polar surface area (TPSA) is 111 Å². The van der Waals surface area contributed by atoms with E-state index in [0.717, 1.165) is 0 Å². The summed E-state index contributed by atoms with van der Waals surface area (Å²) in [4.78, 5) is 10.7. The van der Waals surface area contributed by atoms with Crippen molar-refractivity contribution in [3.05, 3.63) is 41.6 Å². The molecule has 0 unspecified atom stereocenters. The normalized spacial score (nSPS) is 11.4. The third-order valence-corrected chi connectivity index (χ3v) is 4.75. The molecule has 0 bridgehead atoms. The Morgan fingerprint density at radius 3 is 2.52 bits per heavy atom. The molecule has 0 aliphatic rings. The average Bonchev–Trinajstić information content (AvgIpc) is 2.84. The summed E-state index contributed by atoms with van der Waals surface area (Å²) in [6.07, 6.45) is 1.48. The van der Waals surface area contributed by atoms with Crippen molar-refractivity contribution in [3.8, 4) is 5.75 Å². The number of carbonyl (C=O) groups is 1. The van der Waals surface area contributed by atoms with E-state index in [1.54, 1.807) is 14.0 Å². The van der Waals surface area contributed by atoms with Gasteiger partial charge in [-0.15, -0.1) is 0 Å². The van der Waals surface area contributed by atoms with Gasteiger partial charge in [-0.25, -0.2) is 17.9 Å². The summed E-state index contributed by atoms with van der Waals surface area (Å²) in [6.45, 7) is 1.86. The van der Waals surface area contributed by atoms with Crippen molar-refractivity contribution in [2.75, 3.05) is 13.2 Å². The van der Waals surface area contributed by atoms with E-state index >= 15 is 0 Å². The van der Waals surface area contributed by atoms with Crippen molar-refractivity contribution < 1.29 is 23.1 Å². The Bertz CT molecular complexity index is 777. The summed E-state index contributed by atoms with van der Waals surface area (Å²) in [5.74, 6) is -0.554. The number of nitrogens with one attached hydrogen (secondary N) is 1. The molecule has 23 heavy (non-hydrogen) atoms. The van der Waals surface area contributed by atoms with Crippen LogP contribution in [0.5, 0.6) is 5.75 Å². The second kappa shape index (κ2) is 6.80. The number of benzene rings is 1. The zero-order valence-corrected chi connectivity index (χ0v) is 13.5. The standard InChI is InChI=1S/C14H17N3O5S/c1-10-9-15-17(2)13(10)23(20,21)16-7-8-22-12-5-3-11(4-6-12)14(18)19/h3-6,9,16H,7-8H2,1-2H3,(H,18,19). The molecular formula is C14H17N3O5S. The number of nitrogens with zero attached hydrogens (tertiary/aromatic N) is 2. The minimum absolute atomic E-state index is 0.0770. The third kappa shape index (κ3) is 4.08. The number of sulfonamides is 1. The van der Waals surface area contributed by atoms with Gasteiger partial charge < -0.3 is 9.84 Å². The van der Waals surface area contributed by atoms with E-state index in [2.05, 4.69) is 9.82 Å². The summed E-state index contributed by atoms with van der Waals surface area (Å²) in [7, 11) is -2.10. The van der Waals surface area contributed by atoms with Crippen LogP contribution in [0.3, 0.4) is 0 Å². The molecule has 0 spiro atoms. The molecule has 0 saturated carbocycles. The molecule has 2 rings (SSSR count). The SMILES string of the molecule is Cc1cnn(C)c1S(=O)(=O)NCCOc1ccc(C(=O)O)cc1. The number of aromatic nitrogens is 2. The summed E-state index contributed by atoms with van der Waals surface area (Å²) >= 11 is 0. The molecule has 0 fully saturated rings. The predicted molar refractivity (Wildman–Crippen MR) is 82.0 cm³/mol. The molecule has 2 aromatic rings. The lowest BCUT2D eigenvalue weighted by atomic mass is 10.2. The number of rotatable bonds is 7. The zero-order valence-electron chi connectivity index (χ0n) is 12.7. The Kier molecular flexibility index (Phi) is 5.02. The highest BCUT2D eigenvalue weighted by Crippen LogP contribution is 2.13. The van der Waals surface area contributed by atoms with Gasteiger partial charge in [0.1, 0.15) is 12.4 Å². The molecule has 1 heterocycles. The maximum atomic E-state index is 12.2. The van der Waals surface area contributed by atoms with E-state index in [9.17, 15) is 13.2 Å². The molecule has 0 amide bonds. The zero-order chi connectivity index (χ0) is 17.0. The Balaban J connectivity index is 1.89. The highest BCUT2D eigenvalue weighted by Gasteiger charge is 2.20. The van der Waals surface area contributed by atoms with E-state index in [4.69, 9.17) is 9.84 Å². The second-order valence-corrected chi connectivity index (χ2v) is 6.51. The molecule has 9 heteroatoms. The van der Waals surface area contributed by atoms with Gasteiger partial charge in [-0.3, -0.25) is 4.68 Å². The first kappa shape index (κ1) is 17.0. The van der Waals surface area contributed by atoms with Crippen LogP contribution in [0.4, 0.5) is 0 Å². The molecule has 124 valence electrons. The van der Waals surface area contributed by atoms with Gasteiger partial charge in [0.05, 0.1) is 11.8 Å². The van der Waals surface area contributed by atoms with Crippen LogP contribution in [0, 0.1) is 6.92 Å². The lowest BCUT2D eigenvalue weighted by Crippen LogP contribution is -2.30. The second-order valence-electron chi connectivity index (χ2n) is 4.83. The smallest absolute Gasteiger partial charge is 0.335 e. The lowest BCUT2D eigenvalue weighted by molar-refractivity contribution is 0.0697. The summed E-state index contributed by atoms with van der Waals surface area (Å²) in [5, 5.41) is 12.8. The third-order valence-electron chi connectivity index (χ3n) is 3.07. The summed E-state index contributed by atoms with van der Waals surface area (Å²) in [5.41, 5.74) is 0.718. The van der Waals surface area contributed by atoms with Crippen LogP contribution in [0.15, 0.2) is 35.5 Å². The molecule has 0 saturated heterocycles. The van der Waals surface area contributed by atoms with E-state index in [-0.39, 0.29) is 23.7 Å². The highest BCUT2D eigenvalue weighted by molar-refractivity contribution is 7.89. The maximum Gasteiger partial charge on any atom is 0.335 e. The van der Waals surface area contributed by atoms with Crippen molar-refractivity contribution in [3.63, 3.8) is 0 Å². The number of carboxylic acids is 1. The predicted octanol–water partition coefficient (Wildman–Crippen LogP) is 0.784. The van der Waals surface area contributed by atoms with Gasteiger partial charge in [0.25, 0.3) is 10.0 Å². The first-order valence-corrected chi connectivity index (χ1v) is 8.24. The van der Waals surface area contributed by atoms with Crippen LogP contribution in [0.25, 0.3) is 0 Å². The Hall–Kier alpha value is -2.39. The minimum Gasteiger partial charge on any atom is -0.492 e.